The van der Waals surface area contributed by atoms with Crippen LogP contribution in [-0.4, -0.2) is 58.4 Å². The molecule has 22 heavy (non-hydrogen) atoms. The van der Waals surface area contributed by atoms with Crippen LogP contribution in [0.4, 0.5) is 9.93 Å². The summed E-state index contributed by atoms with van der Waals surface area (Å²) in [5, 5.41) is 0.571. The van der Waals surface area contributed by atoms with Crippen LogP contribution in [0.3, 0.4) is 0 Å². The van der Waals surface area contributed by atoms with Crippen molar-refractivity contribution in [1.82, 2.24) is 24.6 Å². The highest BCUT2D eigenvalue weighted by Gasteiger charge is 2.18. The summed E-state index contributed by atoms with van der Waals surface area (Å²) in [6.07, 6.45) is 0. The van der Waals surface area contributed by atoms with E-state index in [0.717, 1.165) is 31.7 Å². The smallest absolute Gasteiger partial charge is 0.321 e. The van der Waals surface area contributed by atoms with Crippen molar-refractivity contribution < 1.29 is 4.79 Å². The van der Waals surface area contributed by atoms with E-state index >= 15 is 0 Å². The Kier molecular flexibility index (Phi) is 4.50. The van der Waals surface area contributed by atoms with Crippen molar-refractivity contribution in [2.75, 3.05) is 38.7 Å². The summed E-state index contributed by atoms with van der Waals surface area (Å²) < 4.78 is 4.28. The van der Waals surface area contributed by atoms with Crippen LogP contribution in [-0.2, 0) is 0 Å². The number of carbonyl (C=O) groups is 1. The number of urea groups is 1. The third kappa shape index (κ3) is 3.52. The molecule has 1 saturated heterocycles. The van der Waals surface area contributed by atoms with Gasteiger partial charge in [0.15, 0.2) is 5.82 Å². The zero-order valence-corrected chi connectivity index (χ0v) is 13.1. The quantitative estimate of drug-likeness (QED) is 0.839. The van der Waals surface area contributed by atoms with Crippen molar-refractivity contribution in [1.29, 1.82) is 0 Å². The van der Waals surface area contributed by atoms with Crippen LogP contribution in [0.2, 0.25) is 0 Å². The summed E-state index contributed by atoms with van der Waals surface area (Å²) in [5.41, 5.74) is 6.46. The first-order valence-electron chi connectivity index (χ1n) is 7.11. The monoisotopic (exact) mass is 318 g/mol. The number of carbonyl (C=O) groups excluding carboxylic acids is 1. The van der Waals surface area contributed by atoms with Crippen LogP contribution in [0, 0.1) is 0 Å². The molecule has 1 aromatic heterocycles. The summed E-state index contributed by atoms with van der Waals surface area (Å²) in [5.74, 6) is 0.655. The van der Waals surface area contributed by atoms with E-state index < -0.39 is 0 Å². The van der Waals surface area contributed by atoms with Gasteiger partial charge in [-0.25, -0.2) is 10.2 Å². The van der Waals surface area contributed by atoms with Crippen molar-refractivity contribution in [3.05, 3.63) is 30.3 Å². The standard InChI is InChI=1S/C14H18N6OS/c1-19-7-9-20(10-8-19)14(21)17-16-13-15-12(18-22-13)11-5-3-2-4-6-11/h2-6H,7-10H2,1H3,(H,17,21)(H,15,16,18). The minimum atomic E-state index is -0.135. The fourth-order valence-corrected chi connectivity index (χ4v) is 2.72. The molecule has 0 spiro atoms. The average molecular weight is 318 g/mol. The first-order chi connectivity index (χ1) is 10.7. The molecule has 1 aromatic carbocycles. The van der Waals surface area contributed by atoms with E-state index in [-0.39, 0.29) is 6.03 Å². The van der Waals surface area contributed by atoms with Gasteiger partial charge in [0.25, 0.3) is 0 Å². The minimum Gasteiger partial charge on any atom is -0.321 e. The molecular weight excluding hydrogens is 300 g/mol. The molecule has 0 bridgehead atoms. The van der Waals surface area contributed by atoms with Crippen LogP contribution < -0.4 is 10.9 Å². The van der Waals surface area contributed by atoms with Gasteiger partial charge in [-0.05, 0) is 7.05 Å². The summed E-state index contributed by atoms with van der Waals surface area (Å²) in [7, 11) is 2.06. The van der Waals surface area contributed by atoms with Crippen molar-refractivity contribution in [2.24, 2.45) is 0 Å². The SMILES string of the molecule is CN1CCN(C(=O)NNc2nc(-c3ccccc3)ns2)CC1. The summed E-state index contributed by atoms with van der Waals surface area (Å²) in [6, 6.07) is 9.61. The summed E-state index contributed by atoms with van der Waals surface area (Å²) in [4.78, 5) is 20.4. The third-order valence-electron chi connectivity index (χ3n) is 3.52. The van der Waals surface area contributed by atoms with Gasteiger partial charge in [0, 0.05) is 43.3 Å². The lowest BCUT2D eigenvalue weighted by molar-refractivity contribution is 0.156. The molecule has 3 rings (SSSR count). The van der Waals surface area contributed by atoms with Gasteiger partial charge in [-0.2, -0.15) is 9.36 Å². The van der Waals surface area contributed by atoms with Gasteiger partial charge in [-0.15, -0.1) is 0 Å². The Bertz CT molecular complexity index is 623. The predicted molar refractivity (Wildman–Crippen MR) is 86.6 cm³/mol. The maximum absolute atomic E-state index is 12.0. The Morgan fingerprint density at radius 1 is 1.18 bits per heavy atom. The Morgan fingerprint density at radius 3 is 2.64 bits per heavy atom. The van der Waals surface area contributed by atoms with Gasteiger partial charge in [0.05, 0.1) is 0 Å². The Labute approximate surface area is 133 Å². The van der Waals surface area contributed by atoms with Gasteiger partial charge < -0.3 is 9.80 Å². The molecule has 1 aliphatic heterocycles. The number of piperazine rings is 1. The molecule has 0 atom stereocenters. The highest BCUT2D eigenvalue weighted by atomic mass is 32.1. The lowest BCUT2D eigenvalue weighted by atomic mass is 10.2. The molecule has 2 aromatic rings. The number of likely N-dealkylation sites (N-methyl/N-ethyl adjacent to an activating group) is 1. The van der Waals surface area contributed by atoms with Crippen LogP contribution in [0.1, 0.15) is 0 Å². The molecule has 0 unspecified atom stereocenters. The number of nitrogens with zero attached hydrogens (tertiary/aromatic N) is 4. The zero-order chi connectivity index (χ0) is 15.4. The molecule has 1 aliphatic rings. The Balaban J connectivity index is 1.54. The van der Waals surface area contributed by atoms with Crippen molar-refractivity contribution >= 4 is 22.7 Å². The number of hydrogen-bond donors (Lipinski definition) is 2. The van der Waals surface area contributed by atoms with E-state index in [0.29, 0.717) is 11.0 Å². The number of hydrazine groups is 1. The van der Waals surface area contributed by atoms with Gasteiger partial charge in [-0.3, -0.25) is 5.43 Å². The molecule has 1 fully saturated rings. The minimum absolute atomic E-state index is 0.135. The lowest BCUT2D eigenvalue weighted by Gasteiger charge is -2.32. The normalized spacial score (nSPS) is 15.6. The molecular formula is C14H18N6OS. The summed E-state index contributed by atoms with van der Waals surface area (Å²) in [6.45, 7) is 3.25. The number of rotatable bonds is 3. The summed E-state index contributed by atoms with van der Waals surface area (Å²) >= 11 is 1.22. The third-order valence-corrected chi connectivity index (χ3v) is 4.16. The lowest BCUT2D eigenvalue weighted by Crippen LogP contribution is -2.51. The highest BCUT2D eigenvalue weighted by Crippen LogP contribution is 2.19. The van der Waals surface area contributed by atoms with Gasteiger partial charge >= 0.3 is 6.03 Å². The first kappa shape index (κ1) is 14.7. The second-order valence-corrected chi connectivity index (χ2v) is 5.89. The number of aromatic nitrogens is 2. The van der Waals surface area contributed by atoms with Gasteiger partial charge in [0.1, 0.15) is 0 Å². The molecule has 8 heteroatoms. The average Bonchev–Trinajstić information content (AvgIpc) is 3.03. The maximum Gasteiger partial charge on any atom is 0.336 e. The molecule has 2 N–H and O–H groups in total. The van der Waals surface area contributed by atoms with E-state index in [4.69, 9.17) is 0 Å². The van der Waals surface area contributed by atoms with E-state index in [1.807, 2.05) is 30.3 Å². The van der Waals surface area contributed by atoms with Crippen LogP contribution in [0.5, 0.6) is 0 Å². The maximum atomic E-state index is 12.0. The number of nitrogens with one attached hydrogen (secondary N) is 2. The number of anilines is 1. The fourth-order valence-electron chi connectivity index (χ4n) is 2.17. The topological polar surface area (TPSA) is 73.4 Å². The molecule has 0 saturated carbocycles. The molecule has 0 aliphatic carbocycles. The molecule has 7 nitrogen and oxygen atoms in total. The zero-order valence-electron chi connectivity index (χ0n) is 12.3. The van der Waals surface area contributed by atoms with Crippen LogP contribution in [0.15, 0.2) is 30.3 Å². The van der Waals surface area contributed by atoms with E-state index in [9.17, 15) is 4.79 Å². The molecule has 2 amide bonds. The van der Waals surface area contributed by atoms with E-state index in [2.05, 4.69) is 32.2 Å². The first-order valence-corrected chi connectivity index (χ1v) is 7.88. The van der Waals surface area contributed by atoms with Crippen molar-refractivity contribution in [3.63, 3.8) is 0 Å². The predicted octanol–water partition coefficient (Wildman–Crippen LogP) is 1.49. The van der Waals surface area contributed by atoms with E-state index in [1.54, 1.807) is 4.90 Å². The Morgan fingerprint density at radius 2 is 1.91 bits per heavy atom. The van der Waals surface area contributed by atoms with Crippen molar-refractivity contribution in [3.8, 4) is 11.4 Å². The molecule has 116 valence electrons. The molecule has 2 heterocycles. The Hall–Kier alpha value is -2.19. The number of benzene rings is 1. The van der Waals surface area contributed by atoms with Crippen LogP contribution >= 0.6 is 11.5 Å². The number of amides is 2. The number of hydrogen-bond acceptors (Lipinski definition) is 6. The highest BCUT2D eigenvalue weighted by molar-refractivity contribution is 7.09. The second-order valence-electron chi connectivity index (χ2n) is 5.13. The van der Waals surface area contributed by atoms with Gasteiger partial charge in [0.2, 0.25) is 5.13 Å². The fraction of sp³-hybridized carbons (Fsp3) is 0.357. The second kappa shape index (κ2) is 6.71. The molecule has 0 radical (unpaired) electrons. The van der Waals surface area contributed by atoms with Crippen LogP contribution in [0.25, 0.3) is 11.4 Å². The van der Waals surface area contributed by atoms with E-state index in [1.165, 1.54) is 11.5 Å². The largest absolute Gasteiger partial charge is 0.336 e. The van der Waals surface area contributed by atoms with Gasteiger partial charge in [-0.1, -0.05) is 30.3 Å². The van der Waals surface area contributed by atoms with Crippen molar-refractivity contribution in [2.45, 2.75) is 0 Å².